The summed E-state index contributed by atoms with van der Waals surface area (Å²) in [5.41, 5.74) is 2.53. The third kappa shape index (κ3) is 5.19. The molecule has 2 aliphatic heterocycles. The number of carbonyl (C=O) groups is 1. The van der Waals surface area contributed by atoms with E-state index in [1.54, 1.807) is 0 Å². The zero-order valence-electron chi connectivity index (χ0n) is 14.8. The van der Waals surface area contributed by atoms with Gasteiger partial charge in [-0.25, -0.2) is 8.42 Å². The highest BCUT2D eigenvalue weighted by molar-refractivity contribution is 7.91. The third-order valence-corrected chi connectivity index (χ3v) is 6.76. The highest BCUT2D eigenvalue weighted by atomic mass is 32.2. The van der Waals surface area contributed by atoms with Crippen molar-refractivity contribution in [1.82, 2.24) is 10.2 Å². The molecule has 1 aromatic rings. The van der Waals surface area contributed by atoms with Crippen molar-refractivity contribution in [3.8, 4) is 0 Å². The van der Waals surface area contributed by atoms with Crippen LogP contribution >= 0.6 is 0 Å². The van der Waals surface area contributed by atoms with Crippen LogP contribution in [0.2, 0.25) is 0 Å². The molecule has 2 fully saturated rings. The molecular weight excluding hydrogens is 338 g/mol. The second-order valence-electron chi connectivity index (χ2n) is 7.09. The summed E-state index contributed by atoms with van der Waals surface area (Å²) in [6.45, 7) is 6.65. The van der Waals surface area contributed by atoms with E-state index in [9.17, 15) is 13.2 Å². The van der Waals surface area contributed by atoms with Gasteiger partial charge in [-0.2, -0.15) is 0 Å². The fraction of sp³-hybridized carbons (Fsp3) is 0.611. The van der Waals surface area contributed by atoms with Gasteiger partial charge in [0.05, 0.1) is 11.5 Å². The standard InChI is InChI=1S/C18H27N3O3S/c1-15-3-2-4-17(13-15)21-10-8-20(9-11-21)7-5-18(22)19-16-6-12-25(23,24)14-16/h2-4,13,16H,5-12,14H2,1H3,(H,19,22). The van der Waals surface area contributed by atoms with Crippen LogP contribution in [0.1, 0.15) is 18.4 Å². The van der Waals surface area contributed by atoms with E-state index in [0.717, 1.165) is 32.7 Å². The Kier molecular flexibility index (Phi) is 5.64. The summed E-state index contributed by atoms with van der Waals surface area (Å²) in [4.78, 5) is 16.7. The predicted octanol–water partition coefficient (Wildman–Crippen LogP) is 0.810. The van der Waals surface area contributed by atoms with Gasteiger partial charge in [-0.1, -0.05) is 12.1 Å². The topological polar surface area (TPSA) is 69.7 Å². The summed E-state index contributed by atoms with van der Waals surface area (Å²) >= 11 is 0. The molecule has 2 heterocycles. The molecule has 2 aliphatic rings. The van der Waals surface area contributed by atoms with Gasteiger partial charge in [0, 0.05) is 50.9 Å². The van der Waals surface area contributed by atoms with Crippen LogP contribution in [0.3, 0.4) is 0 Å². The Bertz CT molecular complexity index is 712. The fourth-order valence-corrected chi connectivity index (χ4v) is 5.20. The average molecular weight is 365 g/mol. The minimum atomic E-state index is -2.94. The van der Waals surface area contributed by atoms with Gasteiger partial charge < -0.3 is 10.2 Å². The lowest BCUT2D eigenvalue weighted by Gasteiger charge is -2.36. The number of amides is 1. The number of piperazine rings is 1. The Morgan fingerprint density at radius 3 is 2.64 bits per heavy atom. The molecule has 1 atom stereocenters. The minimum Gasteiger partial charge on any atom is -0.369 e. The van der Waals surface area contributed by atoms with E-state index in [1.165, 1.54) is 11.3 Å². The highest BCUT2D eigenvalue weighted by Crippen LogP contribution is 2.18. The number of benzene rings is 1. The first-order chi connectivity index (χ1) is 11.9. The Balaban J connectivity index is 1.38. The molecule has 7 heteroatoms. The van der Waals surface area contributed by atoms with E-state index in [0.29, 0.717) is 12.8 Å². The van der Waals surface area contributed by atoms with E-state index in [4.69, 9.17) is 0 Å². The van der Waals surface area contributed by atoms with Gasteiger partial charge in [0.2, 0.25) is 5.91 Å². The Morgan fingerprint density at radius 1 is 1.24 bits per heavy atom. The lowest BCUT2D eigenvalue weighted by atomic mass is 10.2. The number of rotatable bonds is 5. The quantitative estimate of drug-likeness (QED) is 0.836. The first-order valence-corrected chi connectivity index (χ1v) is 10.8. The average Bonchev–Trinajstić information content (AvgIpc) is 2.92. The Hall–Kier alpha value is -1.60. The van der Waals surface area contributed by atoms with Crippen LogP contribution in [0, 0.1) is 6.92 Å². The Morgan fingerprint density at radius 2 is 2.00 bits per heavy atom. The van der Waals surface area contributed by atoms with Gasteiger partial charge in [-0.15, -0.1) is 0 Å². The fourth-order valence-electron chi connectivity index (χ4n) is 3.52. The molecule has 0 aliphatic carbocycles. The first-order valence-electron chi connectivity index (χ1n) is 8.95. The molecule has 3 rings (SSSR count). The summed E-state index contributed by atoms with van der Waals surface area (Å²) in [6.07, 6.45) is 0.976. The zero-order valence-corrected chi connectivity index (χ0v) is 15.6. The second-order valence-corrected chi connectivity index (χ2v) is 9.31. The monoisotopic (exact) mass is 365 g/mol. The molecule has 1 amide bonds. The van der Waals surface area contributed by atoms with Crippen LogP contribution in [0.4, 0.5) is 5.69 Å². The van der Waals surface area contributed by atoms with Crippen molar-refractivity contribution in [2.75, 3.05) is 49.1 Å². The van der Waals surface area contributed by atoms with Crippen molar-refractivity contribution in [2.45, 2.75) is 25.8 Å². The number of anilines is 1. The molecule has 138 valence electrons. The lowest BCUT2D eigenvalue weighted by Crippen LogP contribution is -2.47. The molecule has 0 bridgehead atoms. The SMILES string of the molecule is Cc1cccc(N2CCN(CCC(=O)NC3CCS(=O)(=O)C3)CC2)c1. The van der Waals surface area contributed by atoms with E-state index in [-0.39, 0.29) is 23.5 Å². The van der Waals surface area contributed by atoms with E-state index >= 15 is 0 Å². The smallest absolute Gasteiger partial charge is 0.221 e. The predicted molar refractivity (Wildman–Crippen MR) is 99.7 cm³/mol. The van der Waals surface area contributed by atoms with Gasteiger partial charge in [-0.3, -0.25) is 9.69 Å². The highest BCUT2D eigenvalue weighted by Gasteiger charge is 2.29. The number of sulfone groups is 1. The van der Waals surface area contributed by atoms with Crippen molar-refractivity contribution in [2.24, 2.45) is 0 Å². The van der Waals surface area contributed by atoms with E-state index in [2.05, 4.69) is 46.3 Å². The number of hydrogen-bond donors (Lipinski definition) is 1. The van der Waals surface area contributed by atoms with Gasteiger partial charge in [0.1, 0.15) is 0 Å². The molecule has 1 aromatic carbocycles. The Labute approximate surface area is 150 Å². The number of nitrogens with one attached hydrogen (secondary N) is 1. The largest absolute Gasteiger partial charge is 0.369 e. The maximum Gasteiger partial charge on any atom is 0.221 e. The van der Waals surface area contributed by atoms with Crippen LogP contribution in [0.15, 0.2) is 24.3 Å². The summed E-state index contributed by atoms with van der Waals surface area (Å²) in [7, 11) is -2.94. The van der Waals surface area contributed by atoms with Crippen LogP contribution in [-0.2, 0) is 14.6 Å². The van der Waals surface area contributed by atoms with Gasteiger partial charge in [0.15, 0.2) is 9.84 Å². The summed E-state index contributed by atoms with van der Waals surface area (Å²) < 4.78 is 22.9. The number of nitrogens with zero attached hydrogens (tertiary/aromatic N) is 2. The van der Waals surface area contributed by atoms with Crippen molar-refractivity contribution in [1.29, 1.82) is 0 Å². The van der Waals surface area contributed by atoms with Crippen molar-refractivity contribution < 1.29 is 13.2 Å². The molecule has 0 aromatic heterocycles. The molecule has 2 saturated heterocycles. The molecular formula is C18H27N3O3S. The maximum absolute atomic E-state index is 12.0. The summed E-state index contributed by atoms with van der Waals surface area (Å²) in [5.74, 6) is 0.246. The zero-order chi connectivity index (χ0) is 17.9. The minimum absolute atomic E-state index is 0.0387. The third-order valence-electron chi connectivity index (χ3n) is 4.99. The number of aryl methyl sites for hydroxylation is 1. The molecule has 1 unspecified atom stereocenters. The van der Waals surface area contributed by atoms with E-state index < -0.39 is 9.84 Å². The van der Waals surface area contributed by atoms with Gasteiger partial charge in [0.25, 0.3) is 0 Å². The molecule has 25 heavy (non-hydrogen) atoms. The van der Waals surface area contributed by atoms with Crippen LogP contribution in [-0.4, -0.2) is 69.5 Å². The molecule has 0 saturated carbocycles. The van der Waals surface area contributed by atoms with Crippen LogP contribution in [0.5, 0.6) is 0 Å². The van der Waals surface area contributed by atoms with Crippen molar-refractivity contribution in [3.05, 3.63) is 29.8 Å². The summed E-state index contributed by atoms with van der Waals surface area (Å²) in [5, 5.41) is 2.86. The maximum atomic E-state index is 12.0. The molecule has 0 radical (unpaired) electrons. The second kappa shape index (κ2) is 7.74. The summed E-state index contributed by atoms with van der Waals surface area (Å²) in [6, 6.07) is 8.35. The first kappa shape index (κ1) is 18.2. The normalized spacial score (nSPS) is 23.6. The van der Waals surface area contributed by atoms with Crippen LogP contribution in [0.25, 0.3) is 0 Å². The number of carbonyl (C=O) groups excluding carboxylic acids is 1. The van der Waals surface area contributed by atoms with E-state index in [1.807, 2.05) is 0 Å². The van der Waals surface area contributed by atoms with Gasteiger partial charge in [-0.05, 0) is 31.0 Å². The number of hydrogen-bond acceptors (Lipinski definition) is 5. The lowest BCUT2D eigenvalue weighted by molar-refractivity contribution is -0.122. The van der Waals surface area contributed by atoms with Crippen LogP contribution < -0.4 is 10.2 Å². The molecule has 1 N–H and O–H groups in total. The van der Waals surface area contributed by atoms with Crippen molar-refractivity contribution in [3.63, 3.8) is 0 Å². The molecule has 0 spiro atoms. The van der Waals surface area contributed by atoms with Crippen molar-refractivity contribution >= 4 is 21.4 Å². The molecule has 6 nitrogen and oxygen atoms in total. The van der Waals surface area contributed by atoms with Gasteiger partial charge >= 0.3 is 0 Å².